The molecule has 0 N–H and O–H groups in total. The topological polar surface area (TPSA) is 51.9 Å². The van der Waals surface area contributed by atoms with Crippen LogP contribution in [0.5, 0.6) is 5.75 Å². The Bertz CT molecular complexity index is 1240. The molecule has 33 heavy (non-hydrogen) atoms. The number of rotatable bonds is 7. The first kappa shape index (κ1) is 21.9. The smallest absolute Gasteiger partial charge is 0.119 e. The van der Waals surface area contributed by atoms with Crippen molar-refractivity contribution in [3.63, 3.8) is 0 Å². The van der Waals surface area contributed by atoms with Gasteiger partial charge in [-0.2, -0.15) is 0 Å². The van der Waals surface area contributed by atoms with Crippen molar-refractivity contribution in [3.05, 3.63) is 60.2 Å². The summed E-state index contributed by atoms with van der Waals surface area (Å²) < 4.78 is 13.8. The lowest BCUT2D eigenvalue weighted by molar-refractivity contribution is 0.0835. The maximum absolute atomic E-state index is 5.90. The van der Waals surface area contributed by atoms with E-state index in [-0.39, 0.29) is 0 Å². The third-order valence-corrected chi connectivity index (χ3v) is 6.46. The summed E-state index contributed by atoms with van der Waals surface area (Å²) in [6.07, 6.45) is 4.99. The predicted octanol–water partition coefficient (Wildman–Crippen LogP) is 5.08. The molecule has 2 aromatic heterocycles. The van der Waals surface area contributed by atoms with E-state index in [1.807, 2.05) is 6.20 Å². The standard InChI is InChI=1S/C27H32N4O2/c1-19-26-18-28-24-10-7-22(20-5-8-23(9-6-20)33-14-4-13-30(2)3)17-25(24)31(26)27(29-19)21-11-15-32-16-12-21/h5-10,17-18,21H,4,11-16H2,1-3H3. The molecule has 0 saturated carbocycles. The van der Waals surface area contributed by atoms with Gasteiger partial charge in [-0.15, -0.1) is 0 Å². The molecule has 3 heterocycles. The fraction of sp³-hybridized carbons (Fsp3) is 0.407. The lowest BCUT2D eigenvalue weighted by Gasteiger charge is -2.21. The van der Waals surface area contributed by atoms with Gasteiger partial charge in [-0.1, -0.05) is 18.2 Å². The first-order valence-corrected chi connectivity index (χ1v) is 11.8. The summed E-state index contributed by atoms with van der Waals surface area (Å²) >= 11 is 0. The number of fused-ring (bicyclic) bond motifs is 3. The van der Waals surface area contributed by atoms with Crippen LogP contribution < -0.4 is 4.74 Å². The van der Waals surface area contributed by atoms with Crippen molar-refractivity contribution >= 4 is 16.6 Å². The zero-order chi connectivity index (χ0) is 22.8. The first-order valence-electron chi connectivity index (χ1n) is 11.8. The van der Waals surface area contributed by atoms with Gasteiger partial charge in [-0.25, -0.2) is 4.98 Å². The summed E-state index contributed by atoms with van der Waals surface area (Å²) in [6, 6.07) is 14.9. The Kier molecular flexibility index (Phi) is 6.29. The average molecular weight is 445 g/mol. The fourth-order valence-corrected chi connectivity index (χ4v) is 4.63. The second-order valence-corrected chi connectivity index (χ2v) is 9.15. The molecule has 6 heteroatoms. The Morgan fingerprint density at radius 2 is 1.79 bits per heavy atom. The Morgan fingerprint density at radius 3 is 2.55 bits per heavy atom. The van der Waals surface area contributed by atoms with Crippen molar-refractivity contribution in [2.45, 2.75) is 32.1 Å². The van der Waals surface area contributed by atoms with E-state index < -0.39 is 0 Å². The highest BCUT2D eigenvalue weighted by Gasteiger charge is 2.23. The molecular weight excluding hydrogens is 412 g/mol. The molecule has 172 valence electrons. The van der Waals surface area contributed by atoms with E-state index in [0.29, 0.717) is 5.92 Å². The molecule has 1 aliphatic rings. The molecule has 1 aliphatic heterocycles. The number of aromatic nitrogens is 3. The minimum absolute atomic E-state index is 0.415. The lowest BCUT2D eigenvalue weighted by atomic mass is 9.99. The molecule has 0 aliphatic carbocycles. The number of benzene rings is 2. The van der Waals surface area contributed by atoms with Crippen molar-refractivity contribution < 1.29 is 9.47 Å². The van der Waals surface area contributed by atoms with Crippen LogP contribution in [0.4, 0.5) is 0 Å². The molecule has 0 atom stereocenters. The van der Waals surface area contributed by atoms with Crippen LogP contribution in [0.15, 0.2) is 48.7 Å². The molecule has 5 rings (SSSR count). The molecule has 0 bridgehead atoms. The number of aryl methyl sites for hydroxylation is 1. The zero-order valence-corrected chi connectivity index (χ0v) is 19.8. The minimum Gasteiger partial charge on any atom is -0.494 e. The maximum Gasteiger partial charge on any atom is 0.119 e. The zero-order valence-electron chi connectivity index (χ0n) is 19.8. The van der Waals surface area contributed by atoms with Crippen LogP contribution in [0, 0.1) is 6.92 Å². The van der Waals surface area contributed by atoms with Crippen LogP contribution in [-0.2, 0) is 4.74 Å². The number of hydrogen-bond acceptors (Lipinski definition) is 5. The second kappa shape index (κ2) is 9.49. The molecule has 0 amide bonds. The monoisotopic (exact) mass is 444 g/mol. The van der Waals surface area contributed by atoms with Crippen molar-refractivity contribution in [3.8, 4) is 16.9 Å². The van der Waals surface area contributed by atoms with Gasteiger partial charge in [0.1, 0.15) is 11.6 Å². The highest BCUT2D eigenvalue weighted by atomic mass is 16.5. The molecule has 2 aromatic carbocycles. The van der Waals surface area contributed by atoms with Gasteiger partial charge in [0, 0.05) is 25.7 Å². The van der Waals surface area contributed by atoms with Gasteiger partial charge in [-0.05, 0) is 75.7 Å². The van der Waals surface area contributed by atoms with Gasteiger partial charge in [0.25, 0.3) is 0 Å². The van der Waals surface area contributed by atoms with E-state index in [0.717, 1.165) is 79.4 Å². The second-order valence-electron chi connectivity index (χ2n) is 9.15. The van der Waals surface area contributed by atoms with E-state index in [2.05, 4.69) is 72.8 Å². The Labute approximate surface area is 195 Å². The minimum atomic E-state index is 0.415. The summed E-state index contributed by atoms with van der Waals surface area (Å²) in [5.74, 6) is 2.46. The lowest BCUT2D eigenvalue weighted by Crippen LogP contribution is -2.16. The predicted molar refractivity (Wildman–Crippen MR) is 132 cm³/mol. The Hall–Kier alpha value is -2.96. The van der Waals surface area contributed by atoms with Crippen LogP contribution >= 0.6 is 0 Å². The van der Waals surface area contributed by atoms with Crippen LogP contribution in [0.3, 0.4) is 0 Å². The van der Waals surface area contributed by atoms with Crippen molar-refractivity contribution in [1.29, 1.82) is 0 Å². The summed E-state index contributed by atoms with van der Waals surface area (Å²) in [4.78, 5) is 11.9. The van der Waals surface area contributed by atoms with Gasteiger partial charge in [0.2, 0.25) is 0 Å². The van der Waals surface area contributed by atoms with Crippen molar-refractivity contribution in [2.24, 2.45) is 0 Å². The fourth-order valence-electron chi connectivity index (χ4n) is 4.63. The molecule has 1 fully saturated rings. The normalized spacial score (nSPS) is 15.0. The van der Waals surface area contributed by atoms with Crippen molar-refractivity contribution in [1.82, 2.24) is 19.3 Å². The molecular formula is C27H32N4O2. The van der Waals surface area contributed by atoms with Crippen LogP contribution in [0.25, 0.3) is 27.7 Å². The highest BCUT2D eigenvalue weighted by molar-refractivity contribution is 5.84. The molecule has 0 radical (unpaired) electrons. The summed E-state index contributed by atoms with van der Waals surface area (Å²) in [5.41, 5.74) is 6.54. The third-order valence-electron chi connectivity index (χ3n) is 6.46. The molecule has 0 spiro atoms. The van der Waals surface area contributed by atoms with Gasteiger partial charge < -0.3 is 14.4 Å². The van der Waals surface area contributed by atoms with Crippen LogP contribution in [0.2, 0.25) is 0 Å². The number of ether oxygens (including phenoxy) is 2. The molecule has 0 unspecified atom stereocenters. The Balaban J connectivity index is 1.46. The van der Waals surface area contributed by atoms with Gasteiger partial charge in [-0.3, -0.25) is 9.38 Å². The number of nitrogens with zero attached hydrogens (tertiary/aromatic N) is 4. The van der Waals surface area contributed by atoms with E-state index in [4.69, 9.17) is 19.4 Å². The van der Waals surface area contributed by atoms with E-state index >= 15 is 0 Å². The van der Waals surface area contributed by atoms with E-state index in [1.54, 1.807) is 0 Å². The van der Waals surface area contributed by atoms with E-state index in [9.17, 15) is 0 Å². The summed E-state index contributed by atoms with van der Waals surface area (Å²) in [6.45, 7) is 5.44. The number of imidazole rings is 1. The average Bonchev–Trinajstić information content (AvgIpc) is 3.19. The maximum atomic E-state index is 5.90. The van der Waals surface area contributed by atoms with Gasteiger partial charge in [0.15, 0.2) is 0 Å². The molecule has 6 nitrogen and oxygen atoms in total. The van der Waals surface area contributed by atoms with Gasteiger partial charge in [0.05, 0.1) is 35.0 Å². The van der Waals surface area contributed by atoms with Crippen molar-refractivity contribution in [2.75, 3.05) is 40.5 Å². The first-order chi connectivity index (χ1) is 16.1. The summed E-state index contributed by atoms with van der Waals surface area (Å²) in [7, 11) is 4.17. The SMILES string of the molecule is Cc1nc(C2CCOCC2)n2c1cnc1ccc(-c3ccc(OCCCN(C)C)cc3)cc12. The van der Waals surface area contributed by atoms with E-state index in [1.165, 1.54) is 11.1 Å². The Morgan fingerprint density at radius 1 is 1.03 bits per heavy atom. The third kappa shape index (κ3) is 4.59. The summed E-state index contributed by atoms with van der Waals surface area (Å²) in [5, 5.41) is 0. The van der Waals surface area contributed by atoms with Crippen LogP contribution in [-0.4, -0.2) is 59.7 Å². The molecule has 4 aromatic rings. The van der Waals surface area contributed by atoms with Crippen LogP contribution in [0.1, 0.15) is 36.7 Å². The highest BCUT2D eigenvalue weighted by Crippen LogP contribution is 2.32. The molecule has 1 saturated heterocycles. The number of hydrogen-bond donors (Lipinski definition) is 0. The van der Waals surface area contributed by atoms with Gasteiger partial charge >= 0.3 is 0 Å². The quantitative estimate of drug-likeness (QED) is 0.372. The largest absolute Gasteiger partial charge is 0.494 e.